The Morgan fingerprint density at radius 2 is 1.88 bits per heavy atom. The van der Waals surface area contributed by atoms with Crippen LogP contribution >= 0.6 is 0 Å². The molecule has 1 saturated heterocycles. The predicted molar refractivity (Wildman–Crippen MR) is 82.0 cm³/mol. The molecular formula is C16H14F3N5. The number of nitriles is 1. The van der Waals surface area contributed by atoms with Crippen LogP contribution in [0.3, 0.4) is 0 Å². The quantitative estimate of drug-likeness (QED) is 0.888. The molecule has 2 atom stereocenters. The topological polar surface area (TPSA) is 67.8 Å². The largest absolute Gasteiger partial charge is 0.415 e. The Morgan fingerprint density at radius 1 is 1.21 bits per heavy atom. The number of alkyl halides is 3. The molecule has 124 valence electrons. The van der Waals surface area contributed by atoms with E-state index >= 15 is 0 Å². The lowest BCUT2D eigenvalue weighted by Gasteiger charge is -2.34. The zero-order chi connectivity index (χ0) is 17.5. The summed E-state index contributed by atoms with van der Waals surface area (Å²) in [5.74, 6) is -2.16. The van der Waals surface area contributed by atoms with Crippen molar-refractivity contribution in [3.8, 4) is 6.07 Å². The molecular weight excluding hydrogens is 319 g/mol. The molecule has 1 fully saturated rings. The second-order valence-corrected chi connectivity index (χ2v) is 5.54. The number of aromatic nitrogens is 1. The molecule has 2 unspecified atom stereocenters. The predicted octanol–water partition coefficient (Wildman–Crippen LogP) is 2.92. The van der Waals surface area contributed by atoms with Gasteiger partial charge in [-0.2, -0.15) is 18.4 Å². The normalized spacial score (nSPS) is 24.2. The Morgan fingerprint density at radius 3 is 2.38 bits per heavy atom. The Kier molecular flexibility index (Phi) is 3.61. The maximum atomic E-state index is 14.1. The molecule has 2 N–H and O–H groups in total. The van der Waals surface area contributed by atoms with E-state index in [0.29, 0.717) is 5.69 Å². The lowest BCUT2D eigenvalue weighted by Crippen LogP contribution is -2.57. The number of anilines is 1. The number of benzene rings is 1. The molecule has 1 aromatic carbocycles. The molecule has 1 aliphatic rings. The van der Waals surface area contributed by atoms with Gasteiger partial charge in [-0.1, -0.05) is 18.2 Å². The van der Waals surface area contributed by atoms with Crippen LogP contribution in [0.5, 0.6) is 0 Å². The average Bonchev–Trinajstić information content (AvgIpc) is 3.09. The van der Waals surface area contributed by atoms with Gasteiger partial charge in [-0.25, -0.2) is 5.43 Å². The van der Waals surface area contributed by atoms with Gasteiger partial charge in [0, 0.05) is 13.2 Å². The number of hydrazine groups is 1. The molecule has 0 radical (unpaired) electrons. The number of rotatable bonds is 2. The number of nitrogens with one attached hydrogen (secondary N) is 2. The van der Waals surface area contributed by atoms with Gasteiger partial charge in [0.05, 0.1) is 17.5 Å². The van der Waals surface area contributed by atoms with Crippen molar-refractivity contribution in [2.24, 2.45) is 13.0 Å². The summed E-state index contributed by atoms with van der Waals surface area (Å²) in [6, 6.07) is 12.6. The van der Waals surface area contributed by atoms with Gasteiger partial charge >= 0.3 is 6.18 Å². The highest BCUT2D eigenvalue weighted by Crippen LogP contribution is 2.49. The van der Waals surface area contributed by atoms with Crippen molar-refractivity contribution in [1.82, 2.24) is 9.99 Å². The van der Waals surface area contributed by atoms with Crippen molar-refractivity contribution >= 4 is 11.5 Å². The highest BCUT2D eigenvalue weighted by molar-refractivity contribution is 6.01. The van der Waals surface area contributed by atoms with Crippen molar-refractivity contribution < 1.29 is 13.2 Å². The van der Waals surface area contributed by atoms with Gasteiger partial charge in [-0.05, 0) is 24.3 Å². The summed E-state index contributed by atoms with van der Waals surface area (Å²) < 4.78 is 43.6. The average molecular weight is 333 g/mol. The minimum Gasteiger partial charge on any atom is -0.352 e. The number of nitrogens with zero attached hydrogens (tertiary/aromatic N) is 3. The monoisotopic (exact) mass is 333 g/mol. The van der Waals surface area contributed by atoms with Crippen molar-refractivity contribution in [3.63, 3.8) is 0 Å². The van der Waals surface area contributed by atoms with E-state index < -0.39 is 23.5 Å². The molecule has 2 aromatic rings. The van der Waals surface area contributed by atoms with E-state index in [0.717, 1.165) is 5.01 Å². The lowest BCUT2D eigenvalue weighted by molar-refractivity contribution is -0.203. The fraction of sp³-hybridized carbons (Fsp3) is 0.250. The number of hydrogen-bond acceptors (Lipinski definition) is 3. The summed E-state index contributed by atoms with van der Waals surface area (Å²) in [5.41, 5.74) is -0.0490. The van der Waals surface area contributed by atoms with Crippen LogP contribution in [0.25, 0.3) is 0 Å². The minimum atomic E-state index is -4.78. The third-order valence-corrected chi connectivity index (χ3v) is 4.17. The third kappa shape index (κ3) is 2.09. The zero-order valence-corrected chi connectivity index (χ0v) is 12.7. The zero-order valence-electron chi connectivity index (χ0n) is 12.7. The van der Waals surface area contributed by atoms with Crippen LogP contribution in [0.1, 0.15) is 5.69 Å². The first-order valence-electron chi connectivity index (χ1n) is 7.12. The molecule has 2 heterocycles. The van der Waals surface area contributed by atoms with Crippen LogP contribution in [0.2, 0.25) is 0 Å². The van der Waals surface area contributed by atoms with Crippen LogP contribution in [-0.4, -0.2) is 16.6 Å². The third-order valence-electron chi connectivity index (χ3n) is 4.17. The second-order valence-electron chi connectivity index (χ2n) is 5.54. The number of para-hydroxylation sites is 1. The van der Waals surface area contributed by atoms with Crippen molar-refractivity contribution in [2.45, 2.75) is 11.7 Å². The molecule has 0 spiro atoms. The Labute approximate surface area is 136 Å². The molecule has 3 rings (SSSR count). The number of hydrogen-bond donors (Lipinski definition) is 2. The first-order valence-corrected chi connectivity index (χ1v) is 7.12. The Balaban J connectivity index is 2.21. The summed E-state index contributed by atoms with van der Waals surface area (Å²) in [5, 5.41) is 18.6. The van der Waals surface area contributed by atoms with Crippen LogP contribution in [0.4, 0.5) is 18.9 Å². The van der Waals surface area contributed by atoms with Crippen molar-refractivity contribution in [3.05, 3.63) is 54.4 Å². The fourth-order valence-electron chi connectivity index (χ4n) is 3.02. The standard InChI is InChI=1S/C16H14F3N5/c1-23-9-5-8-13(23)15(16(17,18)19)12(10-20)14(21)24(22-15)11-6-3-2-4-7-11/h2-9,12,21-22H,1H3. The van der Waals surface area contributed by atoms with E-state index in [2.05, 4.69) is 5.43 Å². The van der Waals surface area contributed by atoms with Gasteiger partial charge in [-0.3, -0.25) is 10.4 Å². The van der Waals surface area contributed by atoms with Crippen molar-refractivity contribution in [1.29, 1.82) is 10.7 Å². The van der Waals surface area contributed by atoms with E-state index in [-0.39, 0.29) is 5.69 Å². The van der Waals surface area contributed by atoms with Gasteiger partial charge < -0.3 is 4.57 Å². The fourth-order valence-corrected chi connectivity index (χ4v) is 3.02. The number of halogens is 3. The second kappa shape index (κ2) is 5.39. The maximum absolute atomic E-state index is 14.1. The van der Waals surface area contributed by atoms with E-state index in [1.807, 2.05) is 0 Å². The molecule has 5 nitrogen and oxygen atoms in total. The number of amidine groups is 1. The minimum absolute atomic E-state index is 0.121. The maximum Gasteiger partial charge on any atom is 0.415 e. The first-order chi connectivity index (χ1) is 11.3. The molecule has 1 aliphatic heterocycles. The van der Waals surface area contributed by atoms with Crippen LogP contribution < -0.4 is 10.4 Å². The first kappa shape index (κ1) is 16.1. The summed E-state index contributed by atoms with van der Waals surface area (Å²) in [4.78, 5) is 0. The van der Waals surface area contributed by atoms with Gasteiger partial charge in [0.15, 0.2) is 5.54 Å². The van der Waals surface area contributed by atoms with Crippen LogP contribution in [0, 0.1) is 22.7 Å². The Bertz CT molecular complexity index is 805. The smallest absolute Gasteiger partial charge is 0.352 e. The highest BCUT2D eigenvalue weighted by atomic mass is 19.4. The van der Waals surface area contributed by atoms with E-state index in [9.17, 15) is 18.4 Å². The molecule has 0 aliphatic carbocycles. The molecule has 8 heteroatoms. The SMILES string of the molecule is Cn1cccc1C1(C(F)(F)F)NN(c2ccccc2)C(=N)C1C#N. The molecule has 0 bridgehead atoms. The van der Waals surface area contributed by atoms with Crippen molar-refractivity contribution in [2.75, 3.05) is 5.01 Å². The summed E-state index contributed by atoms with van der Waals surface area (Å²) >= 11 is 0. The van der Waals surface area contributed by atoms with E-state index in [4.69, 9.17) is 5.41 Å². The van der Waals surface area contributed by atoms with Gasteiger partial charge in [0.1, 0.15) is 11.8 Å². The van der Waals surface area contributed by atoms with E-state index in [1.54, 1.807) is 36.4 Å². The molecule has 0 amide bonds. The lowest BCUT2D eigenvalue weighted by atomic mass is 9.82. The van der Waals surface area contributed by atoms with E-state index in [1.165, 1.54) is 29.9 Å². The Hall–Kier alpha value is -2.79. The van der Waals surface area contributed by atoms with Gasteiger partial charge in [0.2, 0.25) is 0 Å². The van der Waals surface area contributed by atoms with Crippen LogP contribution in [-0.2, 0) is 12.6 Å². The molecule has 0 saturated carbocycles. The summed E-state index contributed by atoms with van der Waals surface area (Å²) in [6.07, 6.45) is -3.30. The van der Waals surface area contributed by atoms with Gasteiger partial charge in [0.25, 0.3) is 0 Å². The van der Waals surface area contributed by atoms with Crippen LogP contribution in [0.15, 0.2) is 48.7 Å². The molecule has 1 aromatic heterocycles. The molecule has 24 heavy (non-hydrogen) atoms. The summed E-state index contributed by atoms with van der Waals surface area (Å²) in [6.45, 7) is 0. The van der Waals surface area contributed by atoms with Gasteiger partial charge in [-0.15, -0.1) is 0 Å². The highest BCUT2D eigenvalue weighted by Gasteiger charge is 2.68. The number of aryl methyl sites for hydroxylation is 1. The summed E-state index contributed by atoms with van der Waals surface area (Å²) in [7, 11) is 1.48.